The number of aliphatic hydroxyl groups is 1. The van der Waals surface area contributed by atoms with Gasteiger partial charge in [-0.25, -0.2) is 0 Å². The molecule has 0 spiro atoms. The topological polar surface area (TPSA) is 67.8 Å². The zero-order chi connectivity index (χ0) is 12.4. The Bertz CT molecular complexity index is 280. The molecule has 17 heavy (non-hydrogen) atoms. The molecular weight excluding hydrogens is 222 g/mol. The first-order valence-corrected chi connectivity index (χ1v) is 6.24. The Morgan fingerprint density at radius 2 is 1.82 bits per heavy atom. The summed E-state index contributed by atoms with van der Waals surface area (Å²) in [6.45, 7) is 2.53. The van der Waals surface area contributed by atoms with E-state index in [1.807, 2.05) is 0 Å². The van der Waals surface area contributed by atoms with Crippen LogP contribution in [0, 0.1) is 5.41 Å². The van der Waals surface area contributed by atoms with Crippen molar-refractivity contribution in [3.8, 4) is 0 Å². The average molecular weight is 243 g/mol. The van der Waals surface area contributed by atoms with Gasteiger partial charge in [0.1, 0.15) is 5.41 Å². The molecule has 0 unspecified atom stereocenters. The van der Waals surface area contributed by atoms with Gasteiger partial charge in [-0.2, -0.15) is 0 Å². The highest BCUT2D eigenvalue weighted by molar-refractivity contribution is 5.78. The van der Waals surface area contributed by atoms with Crippen LogP contribution in [0.15, 0.2) is 0 Å². The molecule has 2 aliphatic rings. The van der Waals surface area contributed by atoms with Crippen molar-refractivity contribution in [1.29, 1.82) is 0 Å². The summed E-state index contributed by atoms with van der Waals surface area (Å²) in [5.74, 6) is -0.287. The Hall–Kier alpha value is -0.650. The van der Waals surface area contributed by atoms with E-state index in [-0.39, 0.29) is 5.97 Å². The minimum absolute atomic E-state index is 0.287. The molecule has 2 heterocycles. The first kappa shape index (κ1) is 12.8. The van der Waals surface area contributed by atoms with Crippen molar-refractivity contribution in [2.24, 2.45) is 5.41 Å². The van der Waals surface area contributed by atoms with Crippen LogP contribution in [0.1, 0.15) is 25.7 Å². The summed E-state index contributed by atoms with van der Waals surface area (Å²) in [7, 11) is 1.39. The van der Waals surface area contributed by atoms with Crippen LogP contribution in [0.3, 0.4) is 0 Å². The second-order valence-corrected chi connectivity index (χ2v) is 4.97. The highest BCUT2D eigenvalue weighted by Gasteiger charge is 2.56. The van der Waals surface area contributed by atoms with Gasteiger partial charge in [0.05, 0.1) is 12.7 Å². The van der Waals surface area contributed by atoms with Gasteiger partial charge >= 0.3 is 5.97 Å². The van der Waals surface area contributed by atoms with Crippen LogP contribution < -0.4 is 5.32 Å². The Balaban J connectivity index is 2.27. The monoisotopic (exact) mass is 243 g/mol. The minimum atomic E-state index is -0.949. The van der Waals surface area contributed by atoms with E-state index < -0.39 is 11.0 Å². The maximum absolute atomic E-state index is 12.1. The normalized spacial score (nSPS) is 27.4. The number of piperidine rings is 1. The van der Waals surface area contributed by atoms with Crippen LogP contribution in [0.5, 0.6) is 0 Å². The van der Waals surface area contributed by atoms with Gasteiger partial charge in [0.15, 0.2) is 0 Å². The van der Waals surface area contributed by atoms with Crippen molar-refractivity contribution in [2.75, 3.05) is 33.4 Å². The zero-order valence-electron chi connectivity index (χ0n) is 10.3. The van der Waals surface area contributed by atoms with Crippen LogP contribution in [-0.2, 0) is 14.3 Å². The van der Waals surface area contributed by atoms with Crippen LogP contribution in [0.25, 0.3) is 0 Å². The number of rotatable bonds is 2. The molecule has 0 amide bonds. The van der Waals surface area contributed by atoms with Crippen LogP contribution in [-0.4, -0.2) is 50.1 Å². The summed E-state index contributed by atoms with van der Waals surface area (Å²) in [5, 5.41) is 14.1. The lowest BCUT2D eigenvalue weighted by atomic mass is 9.63. The summed E-state index contributed by atoms with van der Waals surface area (Å²) < 4.78 is 10.3. The molecule has 98 valence electrons. The number of esters is 1. The van der Waals surface area contributed by atoms with Crippen molar-refractivity contribution in [3.05, 3.63) is 0 Å². The summed E-state index contributed by atoms with van der Waals surface area (Å²) in [6, 6.07) is 0. The third kappa shape index (κ3) is 2.07. The first-order chi connectivity index (χ1) is 8.15. The molecular formula is C12H21NO4. The Kier molecular flexibility index (Phi) is 3.70. The SMILES string of the molecule is COC(=O)C1(C2(O)CCNCC2)CCOCC1. The van der Waals surface area contributed by atoms with E-state index >= 15 is 0 Å². The number of hydrogen-bond donors (Lipinski definition) is 2. The Morgan fingerprint density at radius 3 is 2.35 bits per heavy atom. The maximum Gasteiger partial charge on any atom is 0.314 e. The molecule has 2 fully saturated rings. The number of carbonyl (C=O) groups is 1. The maximum atomic E-state index is 12.1. The lowest BCUT2D eigenvalue weighted by Crippen LogP contribution is -2.60. The van der Waals surface area contributed by atoms with E-state index in [9.17, 15) is 9.90 Å². The van der Waals surface area contributed by atoms with E-state index in [1.54, 1.807) is 0 Å². The minimum Gasteiger partial charge on any atom is -0.469 e. The molecule has 5 nitrogen and oxygen atoms in total. The summed E-state index contributed by atoms with van der Waals surface area (Å²) >= 11 is 0. The third-order valence-corrected chi connectivity index (χ3v) is 4.24. The molecule has 0 aromatic carbocycles. The second kappa shape index (κ2) is 4.92. The van der Waals surface area contributed by atoms with Crippen LogP contribution in [0.2, 0.25) is 0 Å². The lowest BCUT2D eigenvalue weighted by Gasteiger charge is -2.49. The Labute approximate surface area is 101 Å². The molecule has 2 rings (SSSR count). The molecule has 0 atom stereocenters. The smallest absolute Gasteiger partial charge is 0.314 e. The van der Waals surface area contributed by atoms with Crippen LogP contribution in [0.4, 0.5) is 0 Å². The van der Waals surface area contributed by atoms with Gasteiger partial charge in [-0.05, 0) is 38.8 Å². The summed E-state index contributed by atoms with van der Waals surface area (Å²) in [4.78, 5) is 12.1. The zero-order valence-corrected chi connectivity index (χ0v) is 10.3. The van der Waals surface area contributed by atoms with Gasteiger partial charge in [0.2, 0.25) is 0 Å². The van der Waals surface area contributed by atoms with Crippen molar-refractivity contribution >= 4 is 5.97 Å². The van der Waals surface area contributed by atoms with E-state index in [2.05, 4.69) is 5.32 Å². The molecule has 0 radical (unpaired) electrons. The van der Waals surface area contributed by atoms with Gasteiger partial charge in [-0.1, -0.05) is 0 Å². The average Bonchev–Trinajstić information content (AvgIpc) is 2.39. The highest BCUT2D eigenvalue weighted by atomic mass is 16.5. The fourth-order valence-electron chi connectivity index (χ4n) is 3.09. The van der Waals surface area contributed by atoms with E-state index in [0.29, 0.717) is 38.9 Å². The van der Waals surface area contributed by atoms with Crippen LogP contribution >= 0.6 is 0 Å². The number of nitrogens with one attached hydrogen (secondary N) is 1. The molecule has 2 saturated heterocycles. The predicted molar refractivity (Wildman–Crippen MR) is 61.6 cm³/mol. The first-order valence-electron chi connectivity index (χ1n) is 6.24. The van der Waals surface area contributed by atoms with Crippen molar-refractivity contribution in [2.45, 2.75) is 31.3 Å². The van der Waals surface area contributed by atoms with Gasteiger partial charge in [-0.15, -0.1) is 0 Å². The van der Waals surface area contributed by atoms with E-state index in [0.717, 1.165) is 13.1 Å². The fourth-order valence-corrected chi connectivity index (χ4v) is 3.09. The molecule has 5 heteroatoms. The molecule has 0 aromatic heterocycles. The molecule has 2 aliphatic heterocycles. The summed E-state index contributed by atoms with van der Waals surface area (Å²) in [6.07, 6.45) is 2.30. The summed E-state index contributed by atoms with van der Waals surface area (Å²) in [5.41, 5.74) is -1.72. The van der Waals surface area contributed by atoms with E-state index in [4.69, 9.17) is 9.47 Å². The van der Waals surface area contributed by atoms with Gasteiger partial charge in [-0.3, -0.25) is 4.79 Å². The van der Waals surface area contributed by atoms with Gasteiger partial charge in [0.25, 0.3) is 0 Å². The Morgan fingerprint density at radius 1 is 1.24 bits per heavy atom. The highest BCUT2D eigenvalue weighted by Crippen LogP contribution is 2.46. The number of ether oxygens (including phenoxy) is 2. The fraction of sp³-hybridized carbons (Fsp3) is 0.917. The number of hydrogen-bond acceptors (Lipinski definition) is 5. The van der Waals surface area contributed by atoms with Gasteiger partial charge in [0, 0.05) is 13.2 Å². The largest absolute Gasteiger partial charge is 0.469 e. The third-order valence-electron chi connectivity index (χ3n) is 4.24. The lowest BCUT2D eigenvalue weighted by molar-refractivity contribution is -0.192. The molecule has 0 bridgehead atoms. The quantitative estimate of drug-likeness (QED) is 0.672. The molecule has 0 aliphatic carbocycles. The number of carbonyl (C=O) groups excluding carboxylic acids is 1. The van der Waals surface area contributed by atoms with E-state index in [1.165, 1.54) is 7.11 Å². The van der Waals surface area contributed by atoms with Crippen molar-refractivity contribution in [1.82, 2.24) is 5.32 Å². The predicted octanol–water partition coefficient (Wildman–Crippen LogP) is 0.0707. The standard InChI is InChI=1S/C12H21NO4/c1-16-10(14)11(4-8-17-9-5-11)12(15)2-6-13-7-3-12/h13,15H,2-9H2,1H3. The van der Waals surface area contributed by atoms with Gasteiger partial charge < -0.3 is 19.9 Å². The molecule has 2 N–H and O–H groups in total. The van der Waals surface area contributed by atoms with Crippen molar-refractivity contribution in [3.63, 3.8) is 0 Å². The molecule has 0 saturated carbocycles. The number of methoxy groups -OCH3 is 1. The molecule has 0 aromatic rings. The van der Waals surface area contributed by atoms with Crippen molar-refractivity contribution < 1.29 is 19.4 Å². The second-order valence-electron chi connectivity index (χ2n) is 4.97.